The maximum Gasteiger partial charge on any atom is 0.227 e. The van der Waals surface area contributed by atoms with Crippen LogP contribution in [-0.4, -0.2) is 26.6 Å². The Morgan fingerprint density at radius 3 is 2.79 bits per heavy atom. The lowest BCUT2D eigenvalue weighted by Crippen LogP contribution is -2.28. The van der Waals surface area contributed by atoms with E-state index in [2.05, 4.69) is 0 Å². The maximum atomic E-state index is 13.7. The van der Waals surface area contributed by atoms with Crippen molar-refractivity contribution in [3.05, 3.63) is 29.6 Å². The van der Waals surface area contributed by atoms with Crippen molar-refractivity contribution in [1.29, 1.82) is 0 Å². The maximum absolute atomic E-state index is 13.7. The largest absolute Gasteiger partial charge is 0.309 e. The zero-order valence-electron chi connectivity index (χ0n) is 10.5. The van der Waals surface area contributed by atoms with Gasteiger partial charge in [-0.1, -0.05) is 6.07 Å². The highest BCUT2D eigenvalue weighted by Gasteiger charge is 2.33. The molecular weight excluding hydrogens is 271 g/mol. The van der Waals surface area contributed by atoms with Gasteiger partial charge in [-0.25, -0.2) is 17.9 Å². The molecule has 7 heteroatoms. The highest BCUT2D eigenvalue weighted by molar-refractivity contribution is 7.89. The predicted molar refractivity (Wildman–Crippen MR) is 69.6 cm³/mol. The molecule has 1 saturated heterocycles. The Morgan fingerprint density at radius 1 is 1.47 bits per heavy atom. The van der Waals surface area contributed by atoms with Crippen LogP contribution in [0.1, 0.15) is 12.0 Å². The molecule has 19 heavy (non-hydrogen) atoms. The molecule has 104 valence electrons. The molecule has 2 N–H and O–H groups in total. The van der Waals surface area contributed by atoms with Crippen LogP contribution in [0, 0.1) is 18.7 Å². The van der Waals surface area contributed by atoms with E-state index in [0.717, 1.165) is 5.56 Å². The van der Waals surface area contributed by atoms with Gasteiger partial charge in [-0.15, -0.1) is 0 Å². The first-order valence-corrected chi connectivity index (χ1v) is 7.55. The van der Waals surface area contributed by atoms with Crippen molar-refractivity contribution in [2.75, 3.05) is 17.2 Å². The van der Waals surface area contributed by atoms with Crippen LogP contribution >= 0.6 is 0 Å². The third kappa shape index (κ3) is 3.30. The Morgan fingerprint density at radius 2 is 2.16 bits per heavy atom. The monoisotopic (exact) mass is 286 g/mol. The van der Waals surface area contributed by atoms with Gasteiger partial charge in [0.15, 0.2) is 0 Å². The lowest BCUT2D eigenvalue weighted by atomic mass is 10.1. The van der Waals surface area contributed by atoms with E-state index in [0.29, 0.717) is 0 Å². The van der Waals surface area contributed by atoms with Crippen LogP contribution in [0.2, 0.25) is 0 Å². The van der Waals surface area contributed by atoms with Crippen molar-refractivity contribution in [1.82, 2.24) is 0 Å². The minimum absolute atomic E-state index is 0.0732. The minimum Gasteiger partial charge on any atom is -0.309 e. The molecule has 1 aliphatic rings. The number of carbonyl (C=O) groups excluding carboxylic acids is 1. The zero-order valence-corrected chi connectivity index (χ0v) is 11.3. The molecule has 0 spiro atoms. The van der Waals surface area contributed by atoms with Crippen molar-refractivity contribution in [3.63, 3.8) is 0 Å². The number of nitrogens with two attached hydrogens (primary N) is 1. The molecule has 0 aliphatic carbocycles. The summed E-state index contributed by atoms with van der Waals surface area (Å²) < 4.78 is 35.8. The number of nitrogens with zero attached hydrogens (tertiary/aromatic N) is 1. The fraction of sp³-hybridized carbons (Fsp3) is 0.417. The molecule has 1 aromatic rings. The van der Waals surface area contributed by atoms with Crippen LogP contribution in [0.15, 0.2) is 18.2 Å². The highest BCUT2D eigenvalue weighted by atomic mass is 32.2. The predicted octanol–water partition coefficient (Wildman–Crippen LogP) is 0.776. The van der Waals surface area contributed by atoms with Crippen LogP contribution in [0.5, 0.6) is 0 Å². The zero-order chi connectivity index (χ0) is 14.2. The number of hydrogen-bond donors (Lipinski definition) is 1. The van der Waals surface area contributed by atoms with Gasteiger partial charge >= 0.3 is 0 Å². The van der Waals surface area contributed by atoms with E-state index in [1.165, 1.54) is 11.0 Å². The summed E-state index contributed by atoms with van der Waals surface area (Å²) >= 11 is 0. The number of sulfonamides is 1. The average Bonchev–Trinajstić information content (AvgIpc) is 2.60. The molecule has 2 rings (SSSR count). The van der Waals surface area contributed by atoms with E-state index < -0.39 is 15.8 Å². The Bertz CT molecular complexity index is 615. The van der Waals surface area contributed by atoms with Crippen molar-refractivity contribution < 1.29 is 17.6 Å². The van der Waals surface area contributed by atoms with E-state index >= 15 is 0 Å². The highest BCUT2D eigenvalue weighted by Crippen LogP contribution is 2.28. The van der Waals surface area contributed by atoms with Crippen molar-refractivity contribution in [3.8, 4) is 0 Å². The SMILES string of the molecule is Cc1ccc(F)c(N2CC(CS(N)(=O)=O)CC2=O)c1. The normalized spacial score (nSPS) is 20.1. The summed E-state index contributed by atoms with van der Waals surface area (Å²) in [6.45, 7) is 1.97. The summed E-state index contributed by atoms with van der Waals surface area (Å²) in [6, 6.07) is 4.48. The number of anilines is 1. The van der Waals surface area contributed by atoms with Crippen LogP contribution in [0.4, 0.5) is 10.1 Å². The lowest BCUT2D eigenvalue weighted by molar-refractivity contribution is -0.117. The summed E-state index contributed by atoms with van der Waals surface area (Å²) in [5, 5.41) is 4.97. The van der Waals surface area contributed by atoms with Crippen LogP contribution < -0.4 is 10.0 Å². The first-order valence-electron chi connectivity index (χ1n) is 5.83. The summed E-state index contributed by atoms with van der Waals surface area (Å²) in [5.74, 6) is -1.42. The third-order valence-corrected chi connectivity index (χ3v) is 4.00. The quantitative estimate of drug-likeness (QED) is 0.891. The van der Waals surface area contributed by atoms with E-state index in [1.54, 1.807) is 19.1 Å². The number of hydrogen-bond acceptors (Lipinski definition) is 3. The Hall–Kier alpha value is -1.47. The van der Waals surface area contributed by atoms with E-state index in [4.69, 9.17) is 5.14 Å². The van der Waals surface area contributed by atoms with Crippen molar-refractivity contribution in [2.45, 2.75) is 13.3 Å². The smallest absolute Gasteiger partial charge is 0.227 e. The summed E-state index contributed by atoms with van der Waals surface area (Å²) in [4.78, 5) is 13.1. The standard InChI is InChI=1S/C12H15FN2O3S/c1-8-2-3-10(13)11(4-8)15-6-9(5-12(15)16)7-19(14,17)18/h2-4,9H,5-7H2,1H3,(H2,14,17,18). The van der Waals surface area contributed by atoms with Crippen molar-refractivity contribution in [2.24, 2.45) is 11.1 Å². The number of halogens is 1. The molecule has 5 nitrogen and oxygen atoms in total. The van der Waals surface area contributed by atoms with Gasteiger partial charge < -0.3 is 4.90 Å². The van der Waals surface area contributed by atoms with Gasteiger partial charge in [0.05, 0.1) is 11.4 Å². The summed E-state index contributed by atoms with van der Waals surface area (Å²) in [5.41, 5.74) is 1.03. The average molecular weight is 286 g/mol. The topological polar surface area (TPSA) is 80.5 Å². The second-order valence-corrected chi connectivity index (χ2v) is 6.52. The second kappa shape index (κ2) is 4.90. The first-order chi connectivity index (χ1) is 8.76. The number of amides is 1. The third-order valence-electron chi connectivity index (χ3n) is 3.07. The Labute approximate surface area is 111 Å². The number of aryl methyl sites for hydroxylation is 1. The number of carbonyl (C=O) groups is 1. The van der Waals surface area contributed by atoms with Gasteiger partial charge in [0.1, 0.15) is 5.82 Å². The fourth-order valence-electron chi connectivity index (χ4n) is 2.28. The molecular formula is C12H15FN2O3S. The van der Waals surface area contributed by atoms with E-state index in [1.807, 2.05) is 0 Å². The van der Waals surface area contributed by atoms with Crippen LogP contribution in [-0.2, 0) is 14.8 Å². The molecule has 1 aromatic carbocycles. The van der Waals surface area contributed by atoms with Gasteiger partial charge in [-0.2, -0.15) is 0 Å². The molecule has 0 radical (unpaired) electrons. The molecule has 0 aromatic heterocycles. The van der Waals surface area contributed by atoms with Crippen LogP contribution in [0.25, 0.3) is 0 Å². The number of primary sulfonamides is 1. The molecule has 1 atom stereocenters. The van der Waals surface area contributed by atoms with E-state index in [9.17, 15) is 17.6 Å². The van der Waals surface area contributed by atoms with Gasteiger partial charge in [0.25, 0.3) is 0 Å². The molecule has 1 heterocycles. The molecule has 1 unspecified atom stereocenters. The number of rotatable bonds is 3. The number of benzene rings is 1. The Kier molecular flexibility index (Phi) is 3.60. The molecule has 1 aliphatic heterocycles. The minimum atomic E-state index is -3.63. The van der Waals surface area contributed by atoms with Crippen LogP contribution in [0.3, 0.4) is 0 Å². The first kappa shape index (κ1) is 14.0. The second-order valence-electron chi connectivity index (χ2n) is 4.86. The van der Waals surface area contributed by atoms with Gasteiger partial charge in [0.2, 0.25) is 15.9 Å². The fourth-order valence-corrected chi connectivity index (χ4v) is 3.16. The lowest BCUT2D eigenvalue weighted by Gasteiger charge is -2.18. The summed E-state index contributed by atoms with van der Waals surface area (Å²) in [7, 11) is -3.63. The Balaban J connectivity index is 2.23. The van der Waals surface area contributed by atoms with E-state index in [-0.39, 0.29) is 36.2 Å². The molecule has 0 bridgehead atoms. The molecule has 1 amide bonds. The van der Waals surface area contributed by atoms with Gasteiger partial charge in [0, 0.05) is 18.9 Å². The van der Waals surface area contributed by atoms with Crippen molar-refractivity contribution >= 4 is 21.6 Å². The molecule has 1 fully saturated rings. The summed E-state index contributed by atoms with van der Waals surface area (Å²) in [6.07, 6.45) is 0.0732. The molecule has 0 saturated carbocycles. The van der Waals surface area contributed by atoms with Gasteiger partial charge in [-0.05, 0) is 24.6 Å². The van der Waals surface area contributed by atoms with Gasteiger partial charge in [-0.3, -0.25) is 4.79 Å².